The summed E-state index contributed by atoms with van der Waals surface area (Å²) in [7, 11) is 0. The van der Waals surface area contributed by atoms with Crippen molar-refractivity contribution in [2.75, 3.05) is 37.6 Å². The molecule has 1 fully saturated rings. The maximum absolute atomic E-state index is 11.4. The van der Waals surface area contributed by atoms with E-state index in [4.69, 9.17) is 11.6 Å². The van der Waals surface area contributed by atoms with Gasteiger partial charge in [-0.1, -0.05) is 61.3 Å². The number of aliphatic hydroxyl groups is 1. The number of nitrogens with zero attached hydrogens (tertiary/aromatic N) is 2. The lowest BCUT2D eigenvalue weighted by atomic mass is 9.79. The Balaban J connectivity index is 1.61. The molecule has 3 rings (SSSR count). The highest BCUT2D eigenvalue weighted by atomic mass is 35.5. The Kier molecular flexibility index (Phi) is 6.46. The van der Waals surface area contributed by atoms with E-state index in [0.717, 1.165) is 49.7 Å². The molecule has 0 aliphatic carbocycles. The Morgan fingerprint density at radius 1 is 1.07 bits per heavy atom. The SMILES string of the molecule is CCC(O)(c1ccc(C)cc1)C(C)CN1CCN(c2cccc(Cl)c2)CC1. The molecule has 3 nitrogen and oxygen atoms in total. The second-order valence-electron chi connectivity index (χ2n) is 7.81. The van der Waals surface area contributed by atoms with Crippen LogP contribution in [0.4, 0.5) is 5.69 Å². The lowest BCUT2D eigenvalue weighted by Crippen LogP contribution is -2.50. The van der Waals surface area contributed by atoms with Crippen molar-refractivity contribution in [3.05, 3.63) is 64.7 Å². The van der Waals surface area contributed by atoms with E-state index >= 15 is 0 Å². The molecule has 2 atom stereocenters. The molecule has 2 unspecified atom stereocenters. The van der Waals surface area contributed by atoms with Crippen LogP contribution < -0.4 is 4.90 Å². The Hall–Kier alpha value is -1.55. The zero-order valence-corrected chi connectivity index (χ0v) is 17.4. The molecule has 0 spiro atoms. The summed E-state index contributed by atoms with van der Waals surface area (Å²) in [5.41, 5.74) is 2.67. The predicted molar refractivity (Wildman–Crippen MR) is 115 cm³/mol. The minimum absolute atomic E-state index is 0.169. The Bertz CT molecular complexity index is 740. The highest BCUT2D eigenvalue weighted by Crippen LogP contribution is 2.34. The van der Waals surface area contributed by atoms with E-state index in [0.29, 0.717) is 0 Å². The molecular formula is C23H31ClN2O. The van der Waals surface area contributed by atoms with Crippen molar-refractivity contribution in [2.24, 2.45) is 5.92 Å². The van der Waals surface area contributed by atoms with E-state index < -0.39 is 5.60 Å². The van der Waals surface area contributed by atoms with Gasteiger partial charge in [-0.15, -0.1) is 0 Å². The van der Waals surface area contributed by atoms with Crippen LogP contribution in [-0.2, 0) is 5.60 Å². The number of halogens is 1. The van der Waals surface area contributed by atoms with E-state index in [1.54, 1.807) is 0 Å². The first-order valence-corrected chi connectivity index (χ1v) is 10.3. The number of rotatable bonds is 6. The number of anilines is 1. The molecule has 0 amide bonds. The summed E-state index contributed by atoms with van der Waals surface area (Å²) in [5, 5.41) is 12.2. The maximum Gasteiger partial charge on any atom is 0.0931 e. The normalized spacial score (nSPS) is 18.9. The quantitative estimate of drug-likeness (QED) is 0.779. The van der Waals surface area contributed by atoms with Gasteiger partial charge in [0.15, 0.2) is 0 Å². The summed E-state index contributed by atoms with van der Waals surface area (Å²) in [4.78, 5) is 4.86. The minimum atomic E-state index is -0.780. The zero-order valence-electron chi connectivity index (χ0n) is 16.7. The fraction of sp³-hybridized carbons (Fsp3) is 0.478. The van der Waals surface area contributed by atoms with Crippen molar-refractivity contribution in [3.63, 3.8) is 0 Å². The summed E-state index contributed by atoms with van der Waals surface area (Å²) in [6.07, 6.45) is 0.722. The minimum Gasteiger partial charge on any atom is -0.385 e. The summed E-state index contributed by atoms with van der Waals surface area (Å²) >= 11 is 6.13. The van der Waals surface area contributed by atoms with E-state index in [1.807, 2.05) is 18.2 Å². The molecule has 1 N–H and O–H groups in total. The van der Waals surface area contributed by atoms with E-state index in [1.165, 1.54) is 11.3 Å². The molecule has 1 aliphatic rings. The molecule has 0 aromatic heterocycles. The topological polar surface area (TPSA) is 26.7 Å². The highest BCUT2D eigenvalue weighted by Gasteiger charge is 2.35. The Morgan fingerprint density at radius 3 is 2.33 bits per heavy atom. The van der Waals surface area contributed by atoms with Crippen LogP contribution in [0.1, 0.15) is 31.4 Å². The van der Waals surface area contributed by atoms with Gasteiger partial charge in [-0.2, -0.15) is 0 Å². The zero-order chi connectivity index (χ0) is 19.4. The van der Waals surface area contributed by atoms with Crippen LogP contribution in [0.15, 0.2) is 48.5 Å². The van der Waals surface area contributed by atoms with Crippen LogP contribution >= 0.6 is 11.6 Å². The Labute approximate surface area is 168 Å². The smallest absolute Gasteiger partial charge is 0.0931 e. The van der Waals surface area contributed by atoms with Crippen LogP contribution in [-0.4, -0.2) is 42.7 Å². The first-order valence-electron chi connectivity index (χ1n) is 9.95. The van der Waals surface area contributed by atoms with Crippen molar-refractivity contribution in [2.45, 2.75) is 32.8 Å². The summed E-state index contributed by atoms with van der Waals surface area (Å²) in [5.74, 6) is 0.169. The van der Waals surface area contributed by atoms with E-state index in [-0.39, 0.29) is 5.92 Å². The molecule has 0 bridgehead atoms. The molecule has 27 heavy (non-hydrogen) atoms. The van der Waals surface area contributed by atoms with Crippen molar-refractivity contribution in [1.82, 2.24) is 4.90 Å². The predicted octanol–water partition coefficient (Wildman–Crippen LogP) is 4.70. The fourth-order valence-corrected chi connectivity index (χ4v) is 4.26. The van der Waals surface area contributed by atoms with Crippen LogP contribution in [0.25, 0.3) is 0 Å². The molecule has 4 heteroatoms. The number of aryl methyl sites for hydroxylation is 1. The van der Waals surface area contributed by atoms with E-state index in [2.05, 4.69) is 60.9 Å². The fourth-order valence-electron chi connectivity index (χ4n) is 4.08. The van der Waals surface area contributed by atoms with Gasteiger partial charge in [-0.25, -0.2) is 0 Å². The molecule has 1 aliphatic heterocycles. The molecule has 2 aromatic carbocycles. The molecular weight excluding hydrogens is 356 g/mol. The number of hydrogen-bond acceptors (Lipinski definition) is 3. The van der Waals surface area contributed by atoms with Crippen molar-refractivity contribution < 1.29 is 5.11 Å². The second kappa shape index (κ2) is 8.64. The molecule has 1 heterocycles. The third-order valence-electron chi connectivity index (χ3n) is 5.98. The molecule has 0 saturated carbocycles. The highest BCUT2D eigenvalue weighted by molar-refractivity contribution is 6.30. The van der Waals surface area contributed by atoms with Crippen LogP contribution in [0.2, 0.25) is 5.02 Å². The van der Waals surface area contributed by atoms with Crippen LogP contribution in [0.5, 0.6) is 0 Å². The molecule has 1 saturated heterocycles. The van der Waals surface area contributed by atoms with Crippen molar-refractivity contribution in [3.8, 4) is 0 Å². The molecule has 2 aromatic rings. The summed E-state index contributed by atoms with van der Waals surface area (Å²) < 4.78 is 0. The third-order valence-corrected chi connectivity index (χ3v) is 6.22. The van der Waals surface area contributed by atoms with Crippen molar-refractivity contribution in [1.29, 1.82) is 0 Å². The summed E-state index contributed by atoms with van der Waals surface area (Å²) in [6, 6.07) is 16.4. The average molecular weight is 387 g/mol. The number of piperazine rings is 1. The first-order chi connectivity index (χ1) is 12.9. The lowest BCUT2D eigenvalue weighted by Gasteiger charge is -2.41. The standard InChI is InChI=1S/C23H31ClN2O/c1-4-23(27,20-10-8-18(2)9-11-20)19(3)17-25-12-14-26(15-13-25)22-7-5-6-21(24)16-22/h5-11,16,19,27H,4,12-15,17H2,1-3H3. The van der Waals surface area contributed by atoms with Gasteiger partial charge in [-0.3, -0.25) is 4.90 Å². The van der Waals surface area contributed by atoms with Gasteiger partial charge in [0.2, 0.25) is 0 Å². The second-order valence-corrected chi connectivity index (χ2v) is 8.25. The van der Waals surface area contributed by atoms with Gasteiger partial charge >= 0.3 is 0 Å². The molecule has 146 valence electrons. The number of benzene rings is 2. The van der Waals surface area contributed by atoms with Crippen LogP contribution in [0.3, 0.4) is 0 Å². The van der Waals surface area contributed by atoms with Gasteiger partial charge in [0.05, 0.1) is 5.60 Å². The maximum atomic E-state index is 11.4. The Morgan fingerprint density at radius 2 is 1.74 bits per heavy atom. The lowest BCUT2D eigenvalue weighted by molar-refractivity contribution is -0.0339. The summed E-state index contributed by atoms with van der Waals surface area (Å²) in [6.45, 7) is 11.2. The molecule has 0 radical (unpaired) electrons. The van der Waals surface area contributed by atoms with Gasteiger partial charge in [0.25, 0.3) is 0 Å². The van der Waals surface area contributed by atoms with E-state index in [9.17, 15) is 5.11 Å². The monoisotopic (exact) mass is 386 g/mol. The van der Waals surface area contributed by atoms with Gasteiger partial charge in [0, 0.05) is 49.4 Å². The van der Waals surface area contributed by atoms with Crippen LogP contribution in [0, 0.1) is 12.8 Å². The number of hydrogen-bond donors (Lipinski definition) is 1. The third kappa shape index (κ3) is 4.66. The first kappa shape index (κ1) is 20.2. The van der Waals surface area contributed by atoms with Gasteiger partial charge < -0.3 is 10.0 Å². The van der Waals surface area contributed by atoms with Gasteiger partial charge in [0.1, 0.15) is 0 Å². The largest absolute Gasteiger partial charge is 0.385 e. The van der Waals surface area contributed by atoms with Gasteiger partial charge in [-0.05, 0) is 37.1 Å². The average Bonchev–Trinajstić information content (AvgIpc) is 2.68. The van der Waals surface area contributed by atoms with Crippen molar-refractivity contribution >= 4 is 17.3 Å².